The molecule has 2 N–H and O–H groups in total. The summed E-state index contributed by atoms with van der Waals surface area (Å²) in [5, 5.41) is 6.03. The fourth-order valence-electron chi connectivity index (χ4n) is 1.25. The molecule has 1 aromatic carbocycles. The van der Waals surface area contributed by atoms with Crippen molar-refractivity contribution in [3.63, 3.8) is 0 Å². The zero-order chi connectivity index (χ0) is 12.2. The van der Waals surface area contributed by atoms with Crippen molar-refractivity contribution in [1.82, 2.24) is 5.32 Å². The molecule has 0 aliphatic carbocycles. The highest BCUT2D eigenvalue weighted by molar-refractivity contribution is 5.92. The van der Waals surface area contributed by atoms with E-state index < -0.39 is 0 Å². The van der Waals surface area contributed by atoms with Crippen molar-refractivity contribution in [2.75, 3.05) is 11.9 Å². The fraction of sp³-hybridized carbons (Fsp3) is 0.462. The molecule has 1 rings (SSSR count). The molecule has 0 aromatic heterocycles. The molecule has 16 heavy (non-hydrogen) atoms. The van der Waals surface area contributed by atoms with Gasteiger partial charge in [-0.25, -0.2) is 0 Å². The van der Waals surface area contributed by atoms with Gasteiger partial charge in [-0.2, -0.15) is 0 Å². The zero-order valence-electron chi connectivity index (χ0n) is 10.4. The summed E-state index contributed by atoms with van der Waals surface area (Å²) in [4.78, 5) is 11.6. The van der Waals surface area contributed by atoms with Crippen molar-refractivity contribution >= 4 is 11.6 Å². The molecule has 1 amide bonds. The van der Waals surface area contributed by atoms with E-state index in [9.17, 15) is 4.79 Å². The van der Waals surface area contributed by atoms with Gasteiger partial charge in [-0.1, -0.05) is 18.2 Å². The molecule has 0 saturated carbocycles. The van der Waals surface area contributed by atoms with Gasteiger partial charge in [0.1, 0.15) is 0 Å². The Kier molecular flexibility index (Phi) is 4.07. The largest absolute Gasteiger partial charge is 0.325 e. The zero-order valence-corrected chi connectivity index (χ0v) is 10.4. The van der Waals surface area contributed by atoms with E-state index >= 15 is 0 Å². The minimum absolute atomic E-state index is 0.00998. The molecule has 3 nitrogen and oxygen atoms in total. The van der Waals surface area contributed by atoms with Gasteiger partial charge in [-0.05, 0) is 39.3 Å². The van der Waals surface area contributed by atoms with Gasteiger partial charge < -0.3 is 10.6 Å². The molecule has 0 radical (unpaired) electrons. The van der Waals surface area contributed by atoms with Crippen molar-refractivity contribution in [2.45, 2.75) is 33.2 Å². The van der Waals surface area contributed by atoms with E-state index in [-0.39, 0.29) is 11.4 Å². The number of nitrogens with one attached hydrogen (secondary N) is 2. The van der Waals surface area contributed by atoms with Gasteiger partial charge in [0, 0.05) is 11.2 Å². The van der Waals surface area contributed by atoms with E-state index in [1.807, 2.05) is 52.0 Å². The second-order valence-electron chi connectivity index (χ2n) is 4.97. The summed E-state index contributed by atoms with van der Waals surface area (Å²) in [7, 11) is 0. The van der Waals surface area contributed by atoms with Gasteiger partial charge in [-0.15, -0.1) is 0 Å². The monoisotopic (exact) mass is 220 g/mol. The number of benzene rings is 1. The number of anilines is 1. The molecule has 1 aromatic rings. The Balaban J connectivity index is 2.50. The fourth-order valence-corrected chi connectivity index (χ4v) is 1.25. The minimum atomic E-state index is -0.0386. The van der Waals surface area contributed by atoms with E-state index in [0.717, 1.165) is 11.3 Å². The average Bonchev–Trinajstić information content (AvgIpc) is 2.18. The van der Waals surface area contributed by atoms with Crippen LogP contribution in [-0.4, -0.2) is 18.0 Å². The van der Waals surface area contributed by atoms with Gasteiger partial charge in [0.05, 0.1) is 6.54 Å². The normalized spacial score (nSPS) is 11.2. The van der Waals surface area contributed by atoms with Crippen LogP contribution in [0.4, 0.5) is 5.69 Å². The number of hydrogen-bond donors (Lipinski definition) is 2. The summed E-state index contributed by atoms with van der Waals surface area (Å²) < 4.78 is 0. The first-order valence-corrected chi connectivity index (χ1v) is 5.49. The highest BCUT2D eigenvalue weighted by Crippen LogP contribution is 2.12. The average molecular weight is 220 g/mol. The van der Waals surface area contributed by atoms with E-state index in [1.54, 1.807) is 0 Å². The maximum Gasteiger partial charge on any atom is 0.238 e. The van der Waals surface area contributed by atoms with E-state index in [4.69, 9.17) is 0 Å². The first-order valence-electron chi connectivity index (χ1n) is 5.49. The molecule has 0 aliphatic heterocycles. The van der Waals surface area contributed by atoms with Crippen molar-refractivity contribution in [3.05, 3.63) is 29.8 Å². The number of carbonyl (C=O) groups excluding carboxylic acids is 1. The predicted molar refractivity (Wildman–Crippen MR) is 67.6 cm³/mol. The topological polar surface area (TPSA) is 41.1 Å². The summed E-state index contributed by atoms with van der Waals surface area (Å²) in [6.07, 6.45) is 0. The van der Waals surface area contributed by atoms with Crippen LogP contribution in [0.3, 0.4) is 0 Å². The van der Waals surface area contributed by atoms with Crippen molar-refractivity contribution in [2.24, 2.45) is 0 Å². The highest BCUT2D eigenvalue weighted by atomic mass is 16.1. The second kappa shape index (κ2) is 5.12. The number of para-hydroxylation sites is 1. The number of rotatable bonds is 3. The summed E-state index contributed by atoms with van der Waals surface area (Å²) >= 11 is 0. The quantitative estimate of drug-likeness (QED) is 0.820. The van der Waals surface area contributed by atoms with E-state index in [1.165, 1.54) is 0 Å². The summed E-state index contributed by atoms with van der Waals surface area (Å²) in [6.45, 7) is 8.42. The number of carbonyl (C=O) groups is 1. The summed E-state index contributed by atoms with van der Waals surface area (Å²) in [5.74, 6) is -0.00998. The number of hydrogen-bond acceptors (Lipinski definition) is 2. The molecular formula is C13H20N2O. The lowest BCUT2D eigenvalue weighted by Crippen LogP contribution is -2.41. The van der Waals surface area contributed by atoms with Crippen LogP contribution in [0, 0.1) is 6.92 Å². The SMILES string of the molecule is Cc1ccccc1NC(=O)CNC(C)(C)C. The van der Waals surface area contributed by atoms with E-state index in [0.29, 0.717) is 6.54 Å². The Bertz CT molecular complexity index is 366. The molecule has 0 bridgehead atoms. The number of aryl methyl sites for hydroxylation is 1. The van der Waals surface area contributed by atoms with Crippen LogP contribution in [0.1, 0.15) is 26.3 Å². The van der Waals surface area contributed by atoms with Crippen molar-refractivity contribution in [3.8, 4) is 0 Å². The van der Waals surface area contributed by atoms with Gasteiger partial charge in [0.15, 0.2) is 0 Å². The summed E-state index contributed by atoms with van der Waals surface area (Å²) in [6, 6.07) is 7.76. The van der Waals surface area contributed by atoms with Gasteiger partial charge in [0.2, 0.25) is 5.91 Å². The van der Waals surface area contributed by atoms with E-state index in [2.05, 4.69) is 10.6 Å². The molecular weight excluding hydrogens is 200 g/mol. The third-order valence-corrected chi connectivity index (χ3v) is 2.20. The van der Waals surface area contributed by atoms with Crippen LogP contribution in [-0.2, 0) is 4.79 Å². The lowest BCUT2D eigenvalue weighted by molar-refractivity contribution is -0.115. The van der Waals surface area contributed by atoms with Crippen LogP contribution >= 0.6 is 0 Å². The van der Waals surface area contributed by atoms with Crippen LogP contribution in [0.25, 0.3) is 0 Å². The molecule has 0 unspecified atom stereocenters. The Hall–Kier alpha value is -1.35. The molecule has 0 atom stereocenters. The molecule has 88 valence electrons. The lowest BCUT2D eigenvalue weighted by atomic mass is 10.1. The molecule has 0 saturated heterocycles. The van der Waals surface area contributed by atoms with Crippen LogP contribution in [0.2, 0.25) is 0 Å². The second-order valence-corrected chi connectivity index (χ2v) is 4.97. The maximum absolute atomic E-state index is 11.6. The van der Waals surface area contributed by atoms with Gasteiger partial charge in [-0.3, -0.25) is 4.79 Å². The number of amides is 1. The summed E-state index contributed by atoms with van der Waals surface area (Å²) in [5.41, 5.74) is 1.91. The van der Waals surface area contributed by atoms with Gasteiger partial charge in [0.25, 0.3) is 0 Å². The third kappa shape index (κ3) is 4.45. The standard InChI is InChI=1S/C13H20N2O/c1-10-7-5-6-8-11(10)15-12(16)9-14-13(2,3)4/h5-8,14H,9H2,1-4H3,(H,15,16). The Labute approximate surface area is 97.2 Å². The third-order valence-electron chi connectivity index (χ3n) is 2.20. The lowest BCUT2D eigenvalue weighted by Gasteiger charge is -2.20. The van der Waals surface area contributed by atoms with Crippen molar-refractivity contribution < 1.29 is 4.79 Å². The Morgan fingerprint density at radius 2 is 1.88 bits per heavy atom. The van der Waals surface area contributed by atoms with Gasteiger partial charge >= 0.3 is 0 Å². The van der Waals surface area contributed by atoms with Crippen LogP contribution < -0.4 is 10.6 Å². The Morgan fingerprint density at radius 1 is 1.25 bits per heavy atom. The highest BCUT2D eigenvalue weighted by Gasteiger charge is 2.11. The minimum Gasteiger partial charge on any atom is -0.325 e. The predicted octanol–water partition coefficient (Wildman–Crippen LogP) is 2.32. The molecule has 0 spiro atoms. The first kappa shape index (κ1) is 12.7. The molecule has 3 heteroatoms. The maximum atomic E-state index is 11.6. The molecule has 0 fully saturated rings. The Morgan fingerprint density at radius 3 is 2.44 bits per heavy atom. The van der Waals surface area contributed by atoms with Crippen molar-refractivity contribution in [1.29, 1.82) is 0 Å². The van der Waals surface area contributed by atoms with Crippen LogP contribution in [0.5, 0.6) is 0 Å². The smallest absolute Gasteiger partial charge is 0.238 e. The first-order chi connectivity index (χ1) is 7.38. The molecule has 0 aliphatic rings. The van der Waals surface area contributed by atoms with Crippen LogP contribution in [0.15, 0.2) is 24.3 Å². The molecule has 0 heterocycles.